The molecule has 1 aliphatic heterocycles. The zero-order valence-corrected chi connectivity index (χ0v) is 24.0. The fourth-order valence-electron chi connectivity index (χ4n) is 4.47. The minimum atomic E-state index is 0. The van der Waals surface area contributed by atoms with E-state index in [-0.39, 0.29) is 25.6 Å². The van der Waals surface area contributed by atoms with Gasteiger partial charge in [-0.15, -0.1) is 0 Å². The number of rotatable bonds is 12. The first-order valence-corrected chi connectivity index (χ1v) is 13.6. The summed E-state index contributed by atoms with van der Waals surface area (Å²) >= 11 is 0. The van der Waals surface area contributed by atoms with Gasteiger partial charge in [0.1, 0.15) is 0 Å². The zero-order chi connectivity index (χ0) is 21.9. The van der Waals surface area contributed by atoms with Gasteiger partial charge in [-0.25, -0.2) is 0 Å². The minimum absolute atomic E-state index is 0. The molecule has 1 N–H and O–H groups in total. The third-order valence-corrected chi connectivity index (χ3v) is 6.67. The van der Waals surface area contributed by atoms with Crippen molar-refractivity contribution in [3.8, 4) is 0 Å². The van der Waals surface area contributed by atoms with Gasteiger partial charge in [0.2, 0.25) is 0 Å². The van der Waals surface area contributed by atoms with Gasteiger partial charge in [0, 0.05) is 46.3 Å². The van der Waals surface area contributed by atoms with Crippen LogP contribution >= 0.6 is 0 Å². The molecule has 0 unspecified atom stereocenters. The molecule has 0 amide bonds. The molecule has 1 rings (SSSR count). The predicted molar refractivity (Wildman–Crippen MR) is 137 cm³/mol. The standard InChI is InChI=1S/C26H56N4.H2O.Tc/c1-5-9-15-27-19-13-20-29(17-11-7-3)25-26-30(18-12-8-4)22-14-21-28(24-23-27)16-10-6-2;;/h5-26H2,1-4H3;1H2;/p-1. The maximum atomic E-state index is 2.76. The van der Waals surface area contributed by atoms with Crippen LogP contribution in [-0.2, 0) is 20.1 Å². The van der Waals surface area contributed by atoms with Gasteiger partial charge in [-0.1, -0.05) is 53.4 Å². The molecular formula is C26H57N4OTc-. The largest absolute Gasteiger partial charge is 0.870 e. The summed E-state index contributed by atoms with van der Waals surface area (Å²) in [5.74, 6) is 0. The smallest absolute Gasteiger partial charge is 0.0109 e. The second-order valence-corrected chi connectivity index (χ2v) is 9.49. The second-order valence-electron chi connectivity index (χ2n) is 9.49. The Kier molecular flexibility index (Phi) is 26.6. The Labute approximate surface area is 215 Å². The van der Waals surface area contributed by atoms with Crippen molar-refractivity contribution in [2.75, 3.05) is 78.5 Å². The molecular weight excluding hydrogens is 482 g/mol. The van der Waals surface area contributed by atoms with Gasteiger partial charge in [-0.05, 0) is 90.9 Å². The molecule has 195 valence electrons. The van der Waals surface area contributed by atoms with Crippen LogP contribution in [0.15, 0.2) is 0 Å². The maximum Gasteiger partial charge on any atom is 0.0109 e. The minimum Gasteiger partial charge on any atom is -0.870 e. The summed E-state index contributed by atoms with van der Waals surface area (Å²) in [7, 11) is 0. The van der Waals surface area contributed by atoms with Crippen molar-refractivity contribution in [1.29, 1.82) is 0 Å². The molecule has 32 heavy (non-hydrogen) atoms. The molecule has 0 aromatic carbocycles. The average Bonchev–Trinajstić information content (AvgIpc) is 2.76. The predicted octanol–water partition coefficient (Wildman–Crippen LogP) is 5.01. The van der Waals surface area contributed by atoms with Gasteiger partial charge in [0.05, 0.1) is 0 Å². The van der Waals surface area contributed by atoms with Crippen LogP contribution < -0.4 is 0 Å². The Morgan fingerprint density at radius 3 is 0.812 bits per heavy atom. The van der Waals surface area contributed by atoms with Gasteiger partial charge in [0.15, 0.2) is 0 Å². The molecule has 6 heteroatoms. The van der Waals surface area contributed by atoms with Crippen LogP contribution in [0.25, 0.3) is 0 Å². The molecule has 0 spiro atoms. The summed E-state index contributed by atoms with van der Waals surface area (Å²) in [6.45, 7) is 24.6. The van der Waals surface area contributed by atoms with Crippen LogP contribution in [0.1, 0.15) is 91.9 Å². The Morgan fingerprint density at radius 1 is 0.406 bits per heavy atom. The molecule has 0 aromatic rings. The molecule has 1 radical (unpaired) electrons. The van der Waals surface area contributed by atoms with Crippen LogP contribution in [0.4, 0.5) is 0 Å². The van der Waals surface area contributed by atoms with E-state index in [0.29, 0.717) is 0 Å². The summed E-state index contributed by atoms with van der Waals surface area (Å²) in [6, 6.07) is 0. The van der Waals surface area contributed by atoms with E-state index in [9.17, 15) is 0 Å². The van der Waals surface area contributed by atoms with Gasteiger partial charge in [0.25, 0.3) is 0 Å². The topological polar surface area (TPSA) is 43.0 Å². The van der Waals surface area contributed by atoms with E-state index in [1.165, 1.54) is 143 Å². The van der Waals surface area contributed by atoms with Crippen LogP contribution in [0.2, 0.25) is 0 Å². The molecule has 0 saturated carbocycles. The van der Waals surface area contributed by atoms with Crippen molar-refractivity contribution in [2.24, 2.45) is 0 Å². The maximum absolute atomic E-state index is 2.76. The molecule has 1 saturated heterocycles. The average molecular weight is 540 g/mol. The van der Waals surface area contributed by atoms with Crippen molar-refractivity contribution in [2.45, 2.75) is 91.9 Å². The molecule has 1 fully saturated rings. The van der Waals surface area contributed by atoms with Crippen LogP contribution in [-0.4, -0.2) is 104 Å². The number of hydrogen-bond donors (Lipinski definition) is 0. The van der Waals surface area contributed by atoms with E-state index >= 15 is 0 Å². The summed E-state index contributed by atoms with van der Waals surface area (Å²) in [6.07, 6.45) is 13.3. The zero-order valence-electron chi connectivity index (χ0n) is 22.2. The summed E-state index contributed by atoms with van der Waals surface area (Å²) in [5, 5.41) is 0. The van der Waals surface area contributed by atoms with Crippen LogP contribution in [0.5, 0.6) is 0 Å². The molecule has 0 bridgehead atoms. The van der Waals surface area contributed by atoms with Gasteiger partial charge in [-0.3, -0.25) is 0 Å². The van der Waals surface area contributed by atoms with Crippen LogP contribution in [0, 0.1) is 0 Å². The fraction of sp³-hybridized carbons (Fsp3) is 1.00. The number of hydrogen-bond acceptors (Lipinski definition) is 5. The summed E-state index contributed by atoms with van der Waals surface area (Å²) in [4.78, 5) is 11.1. The molecule has 0 aromatic heterocycles. The van der Waals surface area contributed by atoms with E-state index in [1.807, 2.05) is 0 Å². The van der Waals surface area contributed by atoms with Crippen molar-refractivity contribution < 1.29 is 25.6 Å². The van der Waals surface area contributed by atoms with E-state index in [1.54, 1.807) is 0 Å². The first-order chi connectivity index (χ1) is 14.7. The first-order valence-electron chi connectivity index (χ1n) is 13.6. The second kappa shape index (κ2) is 24.6. The number of nitrogens with zero attached hydrogens (tertiary/aromatic N) is 4. The van der Waals surface area contributed by atoms with Crippen molar-refractivity contribution in [3.05, 3.63) is 0 Å². The molecule has 0 aliphatic carbocycles. The molecule has 1 heterocycles. The Morgan fingerprint density at radius 2 is 0.625 bits per heavy atom. The summed E-state index contributed by atoms with van der Waals surface area (Å²) < 4.78 is 0. The number of unbranched alkanes of at least 4 members (excludes halogenated alkanes) is 4. The quantitative estimate of drug-likeness (QED) is 0.349. The van der Waals surface area contributed by atoms with E-state index in [2.05, 4.69) is 47.3 Å². The molecule has 1 aliphatic rings. The monoisotopic (exact) mass is 538 g/mol. The fourth-order valence-corrected chi connectivity index (χ4v) is 4.47. The van der Waals surface area contributed by atoms with E-state index in [0.717, 1.165) is 0 Å². The van der Waals surface area contributed by atoms with Crippen LogP contribution in [0.3, 0.4) is 0 Å². The third kappa shape index (κ3) is 17.9. The molecule has 0 atom stereocenters. The van der Waals surface area contributed by atoms with Gasteiger partial charge in [-0.2, -0.15) is 0 Å². The third-order valence-electron chi connectivity index (χ3n) is 6.67. The van der Waals surface area contributed by atoms with Gasteiger partial charge >= 0.3 is 0 Å². The first kappa shape index (κ1) is 34.6. The Balaban J connectivity index is 0. The van der Waals surface area contributed by atoms with E-state index < -0.39 is 0 Å². The Hall–Kier alpha value is 0.449. The normalized spacial score (nSPS) is 19.1. The van der Waals surface area contributed by atoms with Gasteiger partial charge < -0.3 is 25.1 Å². The van der Waals surface area contributed by atoms with Crippen molar-refractivity contribution in [3.63, 3.8) is 0 Å². The van der Waals surface area contributed by atoms with E-state index in [4.69, 9.17) is 0 Å². The Bertz CT molecular complexity index is 310. The SMILES string of the molecule is CCCCN1CCCN(CCCC)CCN(CCCC)CCCN(CCCC)CC1.[OH-].[Tc]. The van der Waals surface area contributed by atoms with Crippen molar-refractivity contribution in [1.82, 2.24) is 19.6 Å². The van der Waals surface area contributed by atoms with Crippen molar-refractivity contribution >= 4 is 0 Å². The summed E-state index contributed by atoms with van der Waals surface area (Å²) in [5.41, 5.74) is 0. The molecule has 5 nitrogen and oxygen atoms in total.